The molecule has 1 heterocycles. The number of rotatable bonds is 8. The second-order valence-electron chi connectivity index (χ2n) is 6.09. The fraction of sp³-hybridized carbons (Fsp3) is 0.588. The van der Waals surface area contributed by atoms with Crippen molar-refractivity contribution < 1.29 is 27.8 Å². The topological polar surface area (TPSA) is 105 Å². The first-order valence-electron chi connectivity index (χ1n) is 8.54. The molecule has 9 heteroatoms. The molecule has 2 unspecified atom stereocenters. The maximum atomic E-state index is 13.0. The summed E-state index contributed by atoms with van der Waals surface area (Å²) in [5.41, 5.74) is 0. The highest BCUT2D eigenvalue weighted by Gasteiger charge is 2.40. The van der Waals surface area contributed by atoms with E-state index in [4.69, 9.17) is 9.47 Å². The first-order valence-corrected chi connectivity index (χ1v) is 9.98. The van der Waals surface area contributed by atoms with E-state index >= 15 is 0 Å². The fourth-order valence-corrected chi connectivity index (χ4v) is 4.65. The van der Waals surface area contributed by atoms with E-state index in [1.54, 1.807) is 0 Å². The number of carbonyl (C=O) groups excluding carboxylic acids is 1. The SMILES string of the molecule is CCC(CO)NC(=O)C1CCCN1S(=O)(=O)c1ccc(OC)c(OC)c1. The van der Waals surface area contributed by atoms with E-state index in [1.165, 1.54) is 36.7 Å². The summed E-state index contributed by atoms with van der Waals surface area (Å²) in [7, 11) is -0.964. The highest BCUT2D eigenvalue weighted by atomic mass is 32.2. The lowest BCUT2D eigenvalue weighted by molar-refractivity contribution is -0.125. The molecule has 1 aromatic carbocycles. The summed E-state index contributed by atoms with van der Waals surface area (Å²) in [5.74, 6) is 0.350. The highest BCUT2D eigenvalue weighted by Crippen LogP contribution is 2.33. The molecule has 1 aliphatic rings. The number of hydrogen-bond acceptors (Lipinski definition) is 6. The predicted molar refractivity (Wildman–Crippen MR) is 95.8 cm³/mol. The Morgan fingerprint density at radius 2 is 2.04 bits per heavy atom. The second kappa shape index (κ2) is 8.70. The van der Waals surface area contributed by atoms with Gasteiger partial charge in [0, 0.05) is 12.6 Å². The molecule has 0 aromatic heterocycles. The molecule has 1 aromatic rings. The molecule has 2 N–H and O–H groups in total. The molecular formula is C17H26N2O6S. The maximum Gasteiger partial charge on any atom is 0.243 e. The van der Waals surface area contributed by atoms with Gasteiger partial charge < -0.3 is 19.9 Å². The lowest BCUT2D eigenvalue weighted by Gasteiger charge is -2.25. The third-order valence-corrected chi connectivity index (χ3v) is 6.43. The Balaban J connectivity index is 2.28. The molecule has 1 amide bonds. The average molecular weight is 386 g/mol. The Bertz CT molecular complexity index is 733. The van der Waals surface area contributed by atoms with Crippen molar-refractivity contribution in [2.24, 2.45) is 0 Å². The van der Waals surface area contributed by atoms with Gasteiger partial charge in [-0.25, -0.2) is 8.42 Å². The van der Waals surface area contributed by atoms with Gasteiger partial charge in [-0.05, 0) is 31.4 Å². The number of ether oxygens (including phenoxy) is 2. The number of carbonyl (C=O) groups is 1. The van der Waals surface area contributed by atoms with Crippen molar-refractivity contribution in [2.45, 2.75) is 43.2 Å². The van der Waals surface area contributed by atoms with Crippen LogP contribution in [0.15, 0.2) is 23.1 Å². The number of aliphatic hydroxyl groups excluding tert-OH is 1. The number of amides is 1. The van der Waals surface area contributed by atoms with Gasteiger partial charge in [-0.1, -0.05) is 6.92 Å². The Labute approximate surface area is 154 Å². The van der Waals surface area contributed by atoms with Gasteiger partial charge in [0.2, 0.25) is 15.9 Å². The molecule has 146 valence electrons. The van der Waals surface area contributed by atoms with Crippen LogP contribution in [0.4, 0.5) is 0 Å². The monoisotopic (exact) mass is 386 g/mol. The quantitative estimate of drug-likeness (QED) is 0.683. The minimum absolute atomic E-state index is 0.0454. The molecule has 1 fully saturated rings. The summed E-state index contributed by atoms with van der Waals surface area (Å²) in [5, 5.41) is 12.0. The van der Waals surface area contributed by atoms with Crippen LogP contribution < -0.4 is 14.8 Å². The molecule has 1 aliphatic heterocycles. The van der Waals surface area contributed by atoms with Gasteiger partial charge in [0.1, 0.15) is 6.04 Å². The van der Waals surface area contributed by atoms with Gasteiger partial charge in [0.05, 0.1) is 31.8 Å². The maximum absolute atomic E-state index is 13.0. The van der Waals surface area contributed by atoms with E-state index in [0.717, 1.165) is 0 Å². The summed E-state index contributed by atoms with van der Waals surface area (Å²) in [6.45, 7) is 1.93. The van der Waals surface area contributed by atoms with Gasteiger partial charge in [0.15, 0.2) is 11.5 Å². The lowest BCUT2D eigenvalue weighted by Crippen LogP contribution is -2.49. The number of hydrogen-bond donors (Lipinski definition) is 2. The smallest absolute Gasteiger partial charge is 0.243 e. The van der Waals surface area contributed by atoms with Crippen LogP contribution in [0.1, 0.15) is 26.2 Å². The summed E-state index contributed by atoms with van der Waals surface area (Å²) < 4.78 is 37.6. The summed E-state index contributed by atoms with van der Waals surface area (Å²) in [4.78, 5) is 12.6. The van der Waals surface area contributed by atoms with E-state index in [9.17, 15) is 18.3 Å². The zero-order valence-electron chi connectivity index (χ0n) is 15.3. The van der Waals surface area contributed by atoms with Gasteiger partial charge >= 0.3 is 0 Å². The third kappa shape index (κ3) is 4.11. The molecule has 2 rings (SSSR count). The molecular weight excluding hydrogens is 360 g/mol. The molecule has 26 heavy (non-hydrogen) atoms. The largest absolute Gasteiger partial charge is 0.493 e. The van der Waals surface area contributed by atoms with Crippen molar-refractivity contribution in [3.63, 3.8) is 0 Å². The van der Waals surface area contributed by atoms with Crippen LogP contribution in [0.2, 0.25) is 0 Å². The van der Waals surface area contributed by atoms with E-state index in [0.29, 0.717) is 30.8 Å². The number of methoxy groups -OCH3 is 2. The van der Waals surface area contributed by atoms with Crippen LogP contribution in [0.5, 0.6) is 11.5 Å². The Morgan fingerprint density at radius 1 is 1.35 bits per heavy atom. The Hall–Kier alpha value is -1.84. The zero-order chi connectivity index (χ0) is 19.3. The zero-order valence-corrected chi connectivity index (χ0v) is 16.1. The number of nitrogens with one attached hydrogen (secondary N) is 1. The van der Waals surface area contributed by atoms with Crippen LogP contribution in [0.25, 0.3) is 0 Å². The van der Waals surface area contributed by atoms with E-state index < -0.39 is 16.1 Å². The van der Waals surface area contributed by atoms with Crippen LogP contribution >= 0.6 is 0 Å². The van der Waals surface area contributed by atoms with Crippen LogP contribution in [-0.4, -0.2) is 63.2 Å². The number of sulfonamides is 1. The molecule has 0 saturated carbocycles. The molecule has 1 saturated heterocycles. The van der Waals surface area contributed by atoms with Gasteiger partial charge in [-0.3, -0.25) is 4.79 Å². The van der Waals surface area contributed by atoms with Crippen LogP contribution in [0.3, 0.4) is 0 Å². The molecule has 8 nitrogen and oxygen atoms in total. The van der Waals surface area contributed by atoms with Crippen LogP contribution in [0, 0.1) is 0 Å². The van der Waals surface area contributed by atoms with Crippen molar-refractivity contribution in [1.82, 2.24) is 9.62 Å². The first kappa shape index (κ1) is 20.5. The predicted octanol–water partition coefficient (Wildman–Crippen LogP) is 0.744. The minimum atomic E-state index is -3.87. The second-order valence-corrected chi connectivity index (χ2v) is 7.98. The Kier molecular flexibility index (Phi) is 6.85. The highest BCUT2D eigenvalue weighted by molar-refractivity contribution is 7.89. The van der Waals surface area contributed by atoms with Crippen LogP contribution in [-0.2, 0) is 14.8 Å². The number of benzene rings is 1. The minimum Gasteiger partial charge on any atom is -0.493 e. The standard InChI is InChI=1S/C17H26N2O6S/c1-4-12(11-20)18-17(21)14-6-5-9-19(14)26(22,23)13-7-8-15(24-2)16(10-13)25-3/h7-8,10,12,14,20H,4-6,9,11H2,1-3H3,(H,18,21). The van der Waals surface area contributed by atoms with E-state index in [1.807, 2.05) is 6.92 Å². The average Bonchev–Trinajstić information content (AvgIpc) is 3.16. The van der Waals surface area contributed by atoms with E-state index in [-0.39, 0.29) is 30.0 Å². The van der Waals surface area contributed by atoms with Crippen molar-refractivity contribution in [2.75, 3.05) is 27.4 Å². The molecule has 0 spiro atoms. The molecule has 0 radical (unpaired) electrons. The normalized spacial score (nSPS) is 19.2. The van der Waals surface area contributed by atoms with Crippen molar-refractivity contribution in [3.8, 4) is 11.5 Å². The molecule has 2 atom stereocenters. The van der Waals surface area contributed by atoms with Crippen molar-refractivity contribution in [1.29, 1.82) is 0 Å². The first-order chi connectivity index (χ1) is 12.4. The molecule has 0 bridgehead atoms. The van der Waals surface area contributed by atoms with Crippen molar-refractivity contribution >= 4 is 15.9 Å². The number of nitrogens with zero attached hydrogens (tertiary/aromatic N) is 1. The third-order valence-electron chi connectivity index (χ3n) is 4.53. The Morgan fingerprint density at radius 3 is 2.62 bits per heavy atom. The van der Waals surface area contributed by atoms with Gasteiger partial charge in [-0.2, -0.15) is 4.31 Å². The lowest BCUT2D eigenvalue weighted by atomic mass is 10.2. The summed E-state index contributed by atoms with van der Waals surface area (Å²) in [6, 6.07) is 3.19. The summed E-state index contributed by atoms with van der Waals surface area (Å²) in [6.07, 6.45) is 1.61. The van der Waals surface area contributed by atoms with E-state index in [2.05, 4.69) is 5.32 Å². The van der Waals surface area contributed by atoms with Crippen molar-refractivity contribution in [3.05, 3.63) is 18.2 Å². The fourth-order valence-electron chi connectivity index (χ4n) is 2.98. The molecule has 0 aliphatic carbocycles. The van der Waals surface area contributed by atoms with Gasteiger partial charge in [-0.15, -0.1) is 0 Å². The summed E-state index contributed by atoms with van der Waals surface area (Å²) >= 11 is 0. The number of aliphatic hydroxyl groups is 1. The van der Waals surface area contributed by atoms with Gasteiger partial charge in [0.25, 0.3) is 0 Å².